The van der Waals surface area contributed by atoms with E-state index in [1.807, 2.05) is 46.8 Å². The number of benzene rings is 1. The van der Waals surface area contributed by atoms with Crippen LogP contribution in [0.3, 0.4) is 0 Å². The Hall–Kier alpha value is -2.67. The first-order valence-electron chi connectivity index (χ1n) is 9.37. The van der Waals surface area contributed by atoms with Crippen LogP contribution in [-0.4, -0.2) is 64.2 Å². The number of amides is 2. The SMILES string of the molecule is Cc1cccc(CC(=O)N2CCn3nc(C(=O)N4CCOCC4)cc3C2)c1. The number of fused-ring (bicyclic) bond motifs is 1. The second-order valence-electron chi connectivity index (χ2n) is 7.13. The highest BCUT2D eigenvalue weighted by molar-refractivity contribution is 5.92. The molecule has 2 aliphatic rings. The van der Waals surface area contributed by atoms with E-state index in [4.69, 9.17) is 4.74 Å². The third-order valence-corrected chi connectivity index (χ3v) is 5.11. The number of morpholine rings is 1. The summed E-state index contributed by atoms with van der Waals surface area (Å²) < 4.78 is 7.15. The van der Waals surface area contributed by atoms with Crippen molar-refractivity contribution in [3.8, 4) is 0 Å². The Bertz CT molecular complexity index is 855. The molecule has 2 amide bonds. The summed E-state index contributed by atoms with van der Waals surface area (Å²) in [6.07, 6.45) is 0.398. The van der Waals surface area contributed by atoms with Crippen molar-refractivity contribution in [2.45, 2.75) is 26.4 Å². The molecule has 1 fully saturated rings. The molecule has 3 heterocycles. The summed E-state index contributed by atoms with van der Waals surface area (Å²) in [6.45, 7) is 6.09. The molecular weight excluding hydrogens is 344 g/mol. The van der Waals surface area contributed by atoms with E-state index in [1.54, 1.807) is 4.90 Å². The minimum absolute atomic E-state index is 0.0576. The zero-order valence-corrected chi connectivity index (χ0v) is 15.6. The molecule has 1 aromatic carbocycles. The van der Waals surface area contributed by atoms with E-state index in [1.165, 1.54) is 0 Å². The number of carbonyl (C=O) groups is 2. The Morgan fingerprint density at radius 2 is 1.89 bits per heavy atom. The largest absolute Gasteiger partial charge is 0.378 e. The minimum atomic E-state index is -0.0576. The second kappa shape index (κ2) is 7.52. The van der Waals surface area contributed by atoms with Crippen LogP contribution in [0.2, 0.25) is 0 Å². The fourth-order valence-corrected chi connectivity index (χ4v) is 3.62. The maximum atomic E-state index is 12.7. The number of carbonyl (C=O) groups excluding carboxylic acids is 2. The predicted octanol–water partition coefficient (Wildman–Crippen LogP) is 1.25. The first-order valence-corrected chi connectivity index (χ1v) is 9.37. The van der Waals surface area contributed by atoms with Gasteiger partial charge in [-0.1, -0.05) is 29.8 Å². The van der Waals surface area contributed by atoms with Crippen LogP contribution in [0.15, 0.2) is 30.3 Å². The Labute approximate surface area is 158 Å². The van der Waals surface area contributed by atoms with Gasteiger partial charge in [-0.25, -0.2) is 0 Å². The molecule has 7 nitrogen and oxygen atoms in total. The zero-order valence-electron chi connectivity index (χ0n) is 15.6. The first kappa shape index (κ1) is 17.7. The Kier molecular flexibility index (Phi) is 4.94. The maximum absolute atomic E-state index is 12.7. The molecule has 2 aliphatic heterocycles. The van der Waals surface area contributed by atoms with Gasteiger partial charge in [0.2, 0.25) is 5.91 Å². The maximum Gasteiger partial charge on any atom is 0.274 e. The van der Waals surface area contributed by atoms with Crippen LogP contribution in [0.1, 0.15) is 27.3 Å². The highest BCUT2D eigenvalue weighted by Gasteiger charge is 2.26. The number of hydrogen-bond donors (Lipinski definition) is 0. The summed E-state index contributed by atoms with van der Waals surface area (Å²) in [4.78, 5) is 28.9. The van der Waals surface area contributed by atoms with Crippen molar-refractivity contribution in [3.05, 3.63) is 52.8 Å². The molecular formula is C20H24N4O3. The molecule has 0 N–H and O–H groups in total. The van der Waals surface area contributed by atoms with Crippen molar-refractivity contribution in [2.24, 2.45) is 0 Å². The van der Waals surface area contributed by atoms with Gasteiger partial charge >= 0.3 is 0 Å². The molecule has 0 saturated carbocycles. The topological polar surface area (TPSA) is 67.7 Å². The fourth-order valence-electron chi connectivity index (χ4n) is 3.62. The highest BCUT2D eigenvalue weighted by atomic mass is 16.5. The standard InChI is InChI=1S/C20H24N4O3/c1-15-3-2-4-16(11-15)12-19(25)23-5-6-24-17(14-23)13-18(21-24)20(26)22-7-9-27-10-8-22/h2-4,11,13H,5-10,12,14H2,1H3. The normalized spacial score (nSPS) is 16.9. The fraction of sp³-hybridized carbons (Fsp3) is 0.450. The monoisotopic (exact) mass is 368 g/mol. The molecule has 0 aliphatic carbocycles. The molecule has 4 rings (SSSR count). The van der Waals surface area contributed by atoms with Gasteiger partial charge in [0.15, 0.2) is 5.69 Å². The van der Waals surface area contributed by atoms with Crippen LogP contribution in [-0.2, 0) is 29.0 Å². The van der Waals surface area contributed by atoms with Crippen LogP contribution in [0, 0.1) is 6.92 Å². The molecule has 0 spiro atoms. The van der Waals surface area contributed by atoms with Gasteiger partial charge in [0, 0.05) is 19.6 Å². The molecule has 0 bridgehead atoms. The van der Waals surface area contributed by atoms with Crippen LogP contribution in [0.25, 0.3) is 0 Å². The van der Waals surface area contributed by atoms with Crippen LogP contribution in [0.4, 0.5) is 0 Å². The number of aryl methyl sites for hydroxylation is 1. The van der Waals surface area contributed by atoms with E-state index in [0.717, 1.165) is 16.8 Å². The summed E-state index contributed by atoms with van der Waals surface area (Å²) in [5.41, 5.74) is 3.56. The van der Waals surface area contributed by atoms with Gasteiger partial charge in [0.25, 0.3) is 5.91 Å². The van der Waals surface area contributed by atoms with Gasteiger partial charge in [0.05, 0.1) is 38.4 Å². The lowest BCUT2D eigenvalue weighted by Gasteiger charge is -2.27. The quantitative estimate of drug-likeness (QED) is 0.818. The summed E-state index contributed by atoms with van der Waals surface area (Å²) >= 11 is 0. The van der Waals surface area contributed by atoms with Gasteiger partial charge in [0.1, 0.15) is 0 Å². The minimum Gasteiger partial charge on any atom is -0.378 e. The zero-order chi connectivity index (χ0) is 18.8. The molecule has 0 radical (unpaired) electrons. The molecule has 142 valence electrons. The van der Waals surface area contributed by atoms with Crippen LogP contribution < -0.4 is 0 Å². The molecule has 0 unspecified atom stereocenters. The van der Waals surface area contributed by atoms with E-state index in [-0.39, 0.29) is 11.8 Å². The predicted molar refractivity (Wildman–Crippen MR) is 99.2 cm³/mol. The van der Waals surface area contributed by atoms with Gasteiger partial charge < -0.3 is 14.5 Å². The number of rotatable bonds is 3. The Balaban J connectivity index is 1.43. The summed E-state index contributed by atoms with van der Waals surface area (Å²) in [5, 5.41) is 4.46. The van der Waals surface area contributed by atoms with Crippen molar-refractivity contribution < 1.29 is 14.3 Å². The Morgan fingerprint density at radius 3 is 2.67 bits per heavy atom. The summed E-state index contributed by atoms with van der Waals surface area (Å²) in [6, 6.07) is 9.86. The van der Waals surface area contributed by atoms with Crippen molar-refractivity contribution in [1.82, 2.24) is 19.6 Å². The van der Waals surface area contributed by atoms with E-state index >= 15 is 0 Å². The molecule has 1 aromatic heterocycles. The number of aromatic nitrogens is 2. The highest BCUT2D eigenvalue weighted by Crippen LogP contribution is 2.17. The smallest absolute Gasteiger partial charge is 0.274 e. The molecule has 2 aromatic rings. The van der Waals surface area contributed by atoms with Crippen molar-refractivity contribution in [2.75, 3.05) is 32.8 Å². The third kappa shape index (κ3) is 3.88. The van der Waals surface area contributed by atoms with Crippen molar-refractivity contribution in [1.29, 1.82) is 0 Å². The lowest BCUT2D eigenvalue weighted by molar-refractivity contribution is -0.132. The number of hydrogen-bond acceptors (Lipinski definition) is 4. The third-order valence-electron chi connectivity index (χ3n) is 5.11. The number of ether oxygens (including phenoxy) is 1. The summed E-state index contributed by atoms with van der Waals surface area (Å²) in [7, 11) is 0. The van der Waals surface area contributed by atoms with Gasteiger partial charge in [-0.2, -0.15) is 5.10 Å². The second-order valence-corrected chi connectivity index (χ2v) is 7.13. The average Bonchev–Trinajstić information content (AvgIpc) is 3.11. The lowest BCUT2D eigenvalue weighted by Crippen LogP contribution is -2.41. The van der Waals surface area contributed by atoms with E-state index in [9.17, 15) is 9.59 Å². The molecule has 27 heavy (non-hydrogen) atoms. The lowest BCUT2D eigenvalue weighted by atomic mass is 10.1. The van der Waals surface area contributed by atoms with E-state index in [2.05, 4.69) is 5.10 Å². The van der Waals surface area contributed by atoms with E-state index in [0.29, 0.717) is 58.1 Å². The van der Waals surface area contributed by atoms with Gasteiger partial charge in [-0.15, -0.1) is 0 Å². The van der Waals surface area contributed by atoms with Gasteiger partial charge in [-0.3, -0.25) is 14.3 Å². The van der Waals surface area contributed by atoms with E-state index < -0.39 is 0 Å². The van der Waals surface area contributed by atoms with Crippen molar-refractivity contribution >= 4 is 11.8 Å². The van der Waals surface area contributed by atoms with Crippen molar-refractivity contribution in [3.63, 3.8) is 0 Å². The molecule has 1 saturated heterocycles. The Morgan fingerprint density at radius 1 is 1.07 bits per heavy atom. The first-order chi connectivity index (χ1) is 13.1. The average molecular weight is 368 g/mol. The summed E-state index contributed by atoms with van der Waals surface area (Å²) in [5.74, 6) is 0.0481. The van der Waals surface area contributed by atoms with Crippen LogP contribution >= 0.6 is 0 Å². The molecule has 7 heteroatoms. The van der Waals surface area contributed by atoms with Crippen LogP contribution in [0.5, 0.6) is 0 Å². The number of nitrogens with zero attached hydrogens (tertiary/aromatic N) is 4. The molecule has 0 atom stereocenters. The van der Waals surface area contributed by atoms with Gasteiger partial charge in [-0.05, 0) is 18.6 Å².